The first-order chi connectivity index (χ1) is 7.68. The molecule has 0 saturated carbocycles. The van der Waals surface area contributed by atoms with E-state index in [9.17, 15) is 8.76 Å². The van der Waals surface area contributed by atoms with Crippen LogP contribution in [0.1, 0.15) is 5.56 Å². The lowest BCUT2D eigenvalue weighted by atomic mass is 10.1. The van der Waals surface area contributed by atoms with E-state index in [1.807, 2.05) is 18.2 Å². The van der Waals surface area contributed by atoms with E-state index in [1.54, 1.807) is 31.5 Å². The van der Waals surface area contributed by atoms with Gasteiger partial charge in [-0.25, -0.2) is 0 Å². The monoisotopic (exact) mass is 232 g/mol. The number of hydrogen-bond donors (Lipinski definition) is 0. The van der Waals surface area contributed by atoms with E-state index in [4.69, 9.17) is 0 Å². The highest BCUT2D eigenvalue weighted by Crippen LogP contribution is 2.22. The molecule has 0 aliphatic rings. The van der Waals surface area contributed by atoms with Crippen LogP contribution in [-0.4, -0.2) is 13.7 Å². The van der Waals surface area contributed by atoms with Gasteiger partial charge < -0.3 is 4.55 Å². The molecule has 0 amide bonds. The summed E-state index contributed by atoms with van der Waals surface area (Å²) in [5, 5.41) is 0. The second-order valence-electron chi connectivity index (χ2n) is 3.45. The van der Waals surface area contributed by atoms with Crippen molar-refractivity contribution in [1.29, 1.82) is 0 Å². The van der Waals surface area contributed by atoms with Gasteiger partial charge in [0, 0.05) is 17.3 Å². The van der Waals surface area contributed by atoms with Crippen molar-refractivity contribution in [3.05, 3.63) is 48.3 Å². The normalized spacial score (nSPS) is 12.4. The Labute approximate surface area is 96.5 Å². The molecule has 0 fully saturated rings. The third kappa shape index (κ3) is 2.18. The molecule has 0 bridgehead atoms. The number of aryl methyl sites for hydroxylation is 1. The Bertz CT molecular complexity index is 526. The molecule has 2 aromatic rings. The Morgan fingerprint density at radius 1 is 1.12 bits per heavy atom. The van der Waals surface area contributed by atoms with Crippen LogP contribution in [0.25, 0.3) is 11.1 Å². The van der Waals surface area contributed by atoms with E-state index in [0.29, 0.717) is 4.90 Å². The van der Waals surface area contributed by atoms with Crippen molar-refractivity contribution < 1.29 is 8.76 Å². The van der Waals surface area contributed by atoms with Crippen LogP contribution in [0.4, 0.5) is 0 Å². The predicted molar refractivity (Wildman–Crippen MR) is 61.6 cm³/mol. The van der Waals surface area contributed by atoms with Gasteiger partial charge in [0.2, 0.25) is 0 Å². The number of rotatable bonds is 2. The molecule has 1 heterocycles. The highest BCUT2D eigenvalue weighted by atomic mass is 32.2. The van der Waals surface area contributed by atoms with Crippen molar-refractivity contribution in [3.8, 4) is 11.1 Å². The zero-order valence-corrected chi connectivity index (χ0v) is 9.53. The Morgan fingerprint density at radius 2 is 1.81 bits per heavy atom. The zero-order valence-electron chi connectivity index (χ0n) is 8.71. The summed E-state index contributed by atoms with van der Waals surface area (Å²) in [6.07, 6.45) is 3.43. The van der Waals surface area contributed by atoms with E-state index in [0.717, 1.165) is 16.7 Å². The minimum Gasteiger partial charge on any atom is -0.768 e. The lowest BCUT2D eigenvalue weighted by Crippen LogP contribution is -1.93. The van der Waals surface area contributed by atoms with Gasteiger partial charge in [-0.05, 0) is 52.9 Å². The number of aromatic nitrogens is 1. The largest absolute Gasteiger partial charge is 0.768 e. The van der Waals surface area contributed by atoms with Gasteiger partial charge in [-0.1, -0.05) is 12.1 Å². The molecular weight excluding hydrogens is 222 g/mol. The molecule has 4 heteroatoms. The zero-order chi connectivity index (χ0) is 11.5. The highest BCUT2D eigenvalue weighted by molar-refractivity contribution is 7.79. The smallest absolute Gasteiger partial charge is 0.0278 e. The van der Waals surface area contributed by atoms with Crippen molar-refractivity contribution in [2.24, 2.45) is 0 Å². The van der Waals surface area contributed by atoms with Crippen LogP contribution in [0.2, 0.25) is 0 Å². The standard InChI is InChI=1S/C12H11NO2S/c1-9-8-11(2-3-12(9)16(14)15)10-4-6-13-7-5-10/h2-8H,1H3,(H,14,15)/p-1. The second kappa shape index (κ2) is 4.55. The summed E-state index contributed by atoms with van der Waals surface area (Å²) in [4.78, 5) is 4.29. The van der Waals surface area contributed by atoms with E-state index in [1.165, 1.54) is 0 Å². The highest BCUT2D eigenvalue weighted by Gasteiger charge is 2.02. The van der Waals surface area contributed by atoms with Gasteiger partial charge in [0.1, 0.15) is 0 Å². The van der Waals surface area contributed by atoms with Gasteiger partial charge in [0.05, 0.1) is 0 Å². The first-order valence-corrected chi connectivity index (χ1v) is 5.86. The second-order valence-corrected chi connectivity index (χ2v) is 4.36. The summed E-state index contributed by atoms with van der Waals surface area (Å²) in [6, 6.07) is 9.06. The molecule has 2 rings (SSSR count). The van der Waals surface area contributed by atoms with Crippen molar-refractivity contribution in [1.82, 2.24) is 4.98 Å². The molecule has 0 aliphatic carbocycles. The average molecular weight is 232 g/mol. The molecule has 1 aromatic heterocycles. The third-order valence-corrected chi connectivity index (χ3v) is 3.19. The lowest BCUT2D eigenvalue weighted by molar-refractivity contribution is 0.536. The fraction of sp³-hybridized carbons (Fsp3) is 0.0833. The van der Waals surface area contributed by atoms with Gasteiger partial charge in [-0.2, -0.15) is 0 Å². The molecule has 16 heavy (non-hydrogen) atoms. The molecule has 0 saturated heterocycles. The molecule has 0 N–H and O–H groups in total. The number of nitrogens with zero attached hydrogens (tertiary/aromatic N) is 1. The summed E-state index contributed by atoms with van der Waals surface area (Å²) in [5.41, 5.74) is 2.78. The first kappa shape index (κ1) is 11.0. The molecule has 1 aromatic carbocycles. The number of pyridine rings is 1. The topological polar surface area (TPSA) is 53.0 Å². The van der Waals surface area contributed by atoms with Crippen molar-refractivity contribution >= 4 is 11.1 Å². The molecule has 0 spiro atoms. The van der Waals surface area contributed by atoms with E-state index in [-0.39, 0.29) is 0 Å². The fourth-order valence-electron chi connectivity index (χ4n) is 1.56. The molecule has 0 aliphatic heterocycles. The Hall–Kier alpha value is -1.52. The maximum Gasteiger partial charge on any atom is 0.0278 e. The quantitative estimate of drug-likeness (QED) is 0.746. The number of benzene rings is 1. The van der Waals surface area contributed by atoms with E-state index >= 15 is 0 Å². The minimum atomic E-state index is -2.17. The van der Waals surface area contributed by atoms with Crippen molar-refractivity contribution in [2.45, 2.75) is 11.8 Å². The predicted octanol–water partition coefficient (Wildman–Crippen LogP) is 2.30. The Balaban J connectivity index is 2.46. The SMILES string of the molecule is Cc1cc(-c2ccncc2)ccc1S(=O)[O-]. The van der Waals surface area contributed by atoms with Crippen LogP contribution < -0.4 is 0 Å². The van der Waals surface area contributed by atoms with Gasteiger partial charge in [-0.15, -0.1) is 0 Å². The van der Waals surface area contributed by atoms with Crippen LogP contribution in [-0.2, 0) is 11.1 Å². The summed E-state index contributed by atoms with van der Waals surface area (Å²) in [5.74, 6) is 0. The molecule has 0 radical (unpaired) electrons. The van der Waals surface area contributed by atoms with Gasteiger partial charge in [0.25, 0.3) is 0 Å². The van der Waals surface area contributed by atoms with Crippen molar-refractivity contribution in [3.63, 3.8) is 0 Å². The third-order valence-electron chi connectivity index (χ3n) is 2.37. The summed E-state index contributed by atoms with van der Waals surface area (Å²) < 4.78 is 21.7. The lowest BCUT2D eigenvalue weighted by Gasteiger charge is -2.10. The Kier molecular flexibility index (Phi) is 3.12. The minimum absolute atomic E-state index is 0.345. The van der Waals surface area contributed by atoms with Gasteiger partial charge in [-0.3, -0.25) is 9.19 Å². The first-order valence-electron chi connectivity index (χ1n) is 4.79. The summed E-state index contributed by atoms with van der Waals surface area (Å²) >= 11 is -2.17. The molecular formula is C12H10NO2S-. The van der Waals surface area contributed by atoms with E-state index < -0.39 is 11.1 Å². The van der Waals surface area contributed by atoms with Crippen LogP contribution in [0, 0.1) is 6.92 Å². The van der Waals surface area contributed by atoms with E-state index in [2.05, 4.69) is 4.98 Å². The van der Waals surface area contributed by atoms with Crippen LogP contribution in [0.3, 0.4) is 0 Å². The molecule has 3 nitrogen and oxygen atoms in total. The Morgan fingerprint density at radius 3 is 2.38 bits per heavy atom. The maximum absolute atomic E-state index is 10.9. The summed E-state index contributed by atoms with van der Waals surface area (Å²) in [6.45, 7) is 1.79. The average Bonchev–Trinajstić information content (AvgIpc) is 2.29. The summed E-state index contributed by atoms with van der Waals surface area (Å²) in [7, 11) is 0. The molecule has 1 unspecified atom stereocenters. The van der Waals surface area contributed by atoms with Crippen molar-refractivity contribution in [2.75, 3.05) is 0 Å². The van der Waals surface area contributed by atoms with Crippen LogP contribution >= 0.6 is 0 Å². The molecule has 82 valence electrons. The van der Waals surface area contributed by atoms with Gasteiger partial charge >= 0.3 is 0 Å². The number of hydrogen-bond acceptors (Lipinski definition) is 3. The fourth-order valence-corrected chi connectivity index (χ4v) is 2.06. The van der Waals surface area contributed by atoms with Crippen LogP contribution in [0.15, 0.2) is 47.6 Å². The van der Waals surface area contributed by atoms with Crippen LogP contribution in [0.5, 0.6) is 0 Å². The maximum atomic E-state index is 10.9. The molecule has 1 atom stereocenters. The van der Waals surface area contributed by atoms with Gasteiger partial charge in [0.15, 0.2) is 0 Å².